The molecule has 0 saturated heterocycles. The number of benzene rings is 1. The molecule has 0 unspecified atom stereocenters. The van der Waals surface area contributed by atoms with Gasteiger partial charge >= 0.3 is 0 Å². The molecule has 0 atom stereocenters. The molecule has 0 bridgehead atoms. The van der Waals surface area contributed by atoms with Crippen LogP contribution in [0.2, 0.25) is 0 Å². The van der Waals surface area contributed by atoms with Gasteiger partial charge in [0.25, 0.3) is 0 Å². The van der Waals surface area contributed by atoms with E-state index >= 15 is 0 Å². The van der Waals surface area contributed by atoms with Crippen LogP contribution in [0.4, 0.5) is 0 Å². The molecule has 0 spiro atoms. The van der Waals surface area contributed by atoms with Crippen molar-refractivity contribution in [1.29, 1.82) is 0 Å². The Morgan fingerprint density at radius 3 is 2.56 bits per heavy atom. The lowest BCUT2D eigenvalue weighted by Crippen LogP contribution is -2.17. The first-order valence-electron chi connectivity index (χ1n) is 6.79. The van der Waals surface area contributed by atoms with E-state index in [0.29, 0.717) is 12.0 Å². The molecule has 1 N–H and O–H groups in total. The molecule has 0 amide bonds. The van der Waals surface area contributed by atoms with Crippen molar-refractivity contribution in [1.82, 2.24) is 5.32 Å². The average molecular weight is 249 g/mol. The van der Waals surface area contributed by atoms with Gasteiger partial charge in [-0.1, -0.05) is 45.0 Å². The Balaban J connectivity index is 2.24. The number of methoxy groups -OCH3 is 1. The monoisotopic (exact) mass is 249 g/mol. The third kappa shape index (κ3) is 6.77. The van der Waals surface area contributed by atoms with Gasteiger partial charge in [-0.3, -0.25) is 0 Å². The zero-order chi connectivity index (χ0) is 13.4. The Kier molecular flexibility index (Phi) is 6.37. The highest BCUT2D eigenvalue weighted by Crippen LogP contribution is 2.19. The first kappa shape index (κ1) is 15.2. The third-order valence-corrected chi connectivity index (χ3v) is 2.91. The van der Waals surface area contributed by atoms with Crippen LogP contribution in [0.15, 0.2) is 24.3 Å². The molecule has 2 heteroatoms. The Hall–Kier alpha value is -0.860. The minimum Gasteiger partial charge on any atom is -0.380 e. The van der Waals surface area contributed by atoms with Crippen molar-refractivity contribution in [3.8, 4) is 0 Å². The van der Waals surface area contributed by atoms with Crippen LogP contribution in [0.3, 0.4) is 0 Å². The highest BCUT2D eigenvalue weighted by molar-refractivity contribution is 5.22. The van der Waals surface area contributed by atoms with E-state index in [0.717, 1.165) is 13.1 Å². The summed E-state index contributed by atoms with van der Waals surface area (Å²) in [7, 11) is 1.73. The molecule has 1 rings (SSSR count). The van der Waals surface area contributed by atoms with Crippen LogP contribution in [0.5, 0.6) is 0 Å². The second-order valence-electron chi connectivity index (χ2n) is 6.09. The molecule has 0 fully saturated rings. The maximum atomic E-state index is 5.14. The summed E-state index contributed by atoms with van der Waals surface area (Å²) in [6.07, 6.45) is 2.50. The summed E-state index contributed by atoms with van der Waals surface area (Å²) in [5.74, 6) is 0. The van der Waals surface area contributed by atoms with Gasteiger partial charge in [-0.15, -0.1) is 0 Å². The maximum absolute atomic E-state index is 5.14. The zero-order valence-corrected chi connectivity index (χ0v) is 12.3. The average Bonchev–Trinajstić information content (AvgIpc) is 2.28. The largest absolute Gasteiger partial charge is 0.380 e. The van der Waals surface area contributed by atoms with E-state index in [9.17, 15) is 0 Å². The second-order valence-corrected chi connectivity index (χ2v) is 6.09. The predicted octanol–water partition coefficient (Wildman–Crippen LogP) is 3.75. The van der Waals surface area contributed by atoms with Crippen LogP contribution in [0, 0.1) is 5.41 Å². The van der Waals surface area contributed by atoms with Gasteiger partial charge in [0, 0.05) is 13.7 Å². The molecule has 0 aromatic heterocycles. The van der Waals surface area contributed by atoms with Crippen molar-refractivity contribution in [2.24, 2.45) is 5.41 Å². The molecule has 18 heavy (non-hydrogen) atoms. The van der Waals surface area contributed by atoms with E-state index in [1.165, 1.54) is 24.0 Å². The predicted molar refractivity (Wildman–Crippen MR) is 77.6 cm³/mol. The number of nitrogens with one attached hydrogen (secondary N) is 1. The molecule has 102 valence electrons. The molecule has 0 saturated carbocycles. The molecule has 1 aromatic carbocycles. The Morgan fingerprint density at radius 1 is 1.17 bits per heavy atom. The molecule has 2 nitrogen and oxygen atoms in total. The SMILES string of the molecule is COCc1cccc(CNCCCC(C)(C)C)c1. The molecule has 0 aliphatic rings. The molecule has 0 aliphatic carbocycles. The van der Waals surface area contributed by atoms with Crippen molar-refractivity contribution >= 4 is 0 Å². The van der Waals surface area contributed by atoms with Crippen LogP contribution in [-0.4, -0.2) is 13.7 Å². The molecule has 0 heterocycles. The summed E-state index contributed by atoms with van der Waals surface area (Å²) in [6.45, 7) is 9.61. The molecule has 0 radical (unpaired) electrons. The quantitative estimate of drug-likeness (QED) is 0.743. The first-order chi connectivity index (χ1) is 8.51. The van der Waals surface area contributed by atoms with Gasteiger partial charge in [0.2, 0.25) is 0 Å². The normalized spacial score (nSPS) is 11.8. The van der Waals surface area contributed by atoms with Gasteiger partial charge in [0.15, 0.2) is 0 Å². The van der Waals surface area contributed by atoms with Gasteiger partial charge in [0.1, 0.15) is 0 Å². The van der Waals surface area contributed by atoms with Crippen molar-refractivity contribution in [3.05, 3.63) is 35.4 Å². The number of hydrogen-bond acceptors (Lipinski definition) is 2. The summed E-state index contributed by atoms with van der Waals surface area (Å²) in [5, 5.41) is 3.50. The number of rotatable bonds is 7. The maximum Gasteiger partial charge on any atom is 0.0713 e. The molecular formula is C16H27NO. The summed E-state index contributed by atoms with van der Waals surface area (Å²) in [5.41, 5.74) is 3.02. The van der Waals surface area contributed by atoms with Gasteiger partial charge in [-0.05, 0) is 35.9 Å². The molecule has 0 aliphatic heterocycles. The summed E-state index contributed by atoms with van der Waals surface area (Å²) in [4.78, 5) is 0. The fourth-order valence-electron chi connectivity index (χ4n) is 1.97. The van der Waals surface area contributed by atoms with Crippen molar-refractivity contribution in [3.63, 3.8) is 0 Å². The van der Waals surface area contributed by atoms with E-state index in [4.69, 9.17) is 4.74 Å². The van der Waals surface area contributed by atoms with Gasteiger partial charge in [-0.25, -0.2) is 0 Å². The lowest BCUT2D eigenvalue weighted by atomic mass is 9.91. The van der Waals surface area contributed by atoms with Crippen molar-refractivity contribution in [2.75, 3.05) is 13.7 Å². The standard InChI is InChI=1S/C16H27NO/c1-16(2,3)9-6-10-17-12-14-7-5-8-15(11-14)13-18-4/h5,7-8,11,17H,6,9-10,12-13H2,1-4H3. The van der Waals surface area contributed by atoms with Gasteiger partial charge < -0.3 is 10.1 Å². The second kappa shape index (κ2) is 7.55. The van der Waals surface area contributed by atoms with E-state index < -0.39 is 0 Å². The zero-order valence-electron chi connectivity index (χ0n) is 12.3. The summed E-state index contributed by atoms with van der Waals surface area (Å²) < 4.78 is 5.14. The van der Waals surface area contributed by atoms with Gasteiger partial charge in [-0.2, -0.15) is 0 Å². The lowest BCUT2D eigenvalue weighted by molar-refractivity contribution is 0.185. The summed E-state index contributed by atoms with van der Waals surface area (Å²) >= 11 is 0. The Morgan fingerprint density at radius 2 is 1.89 bits per heavy atom. The van der Waals surface area contributed by atoms with E-state index in [1.807, 2.05) is 0 Å². The Bertz CT molecular complexity index is 341. The van der Waals surface area contributed by atoms with Crippen molar-refractivity contribution < 1.29 is 4.74 Å². The van der Waals surface area contributed by atoms with Crippen LogP contribution < -0.4 is 5.32 Å². The van der Waals surface area contributed by atoms with Gasteiger partial charge in [0.05, 0.1) is 6.61 Å². The van der Waals surface area contributed by atoms with Crippen LogP contribution in [-0.2, 0) is 17.9 Å². The fourth-order valence-corrected chi connectivity index (χ4v) is 1.97. The highest BCUT2D eigenvalue weighted by atomic mass is 16.5. The van der Waals surface area contributed by atoms with Crippen molar-refractivity contribution in [2.45, 2.75) is 46.8 Å². The number of ether oxygens (including phenoxy) is 1. The summed E-state index contributed by atoms with van der Waals surface area (Å²) in [6, 6.07) is 8.57. The van der Waals surface area contributed by atoms with E-state index in [2.05, 4.69) is 50.4 Å². The third-order valence-electron chi connectivity index (χ3n) is 2.91. The van der Waals surface area contributed by atoms with Crippen LogP contribution in [0.25, 0.3) is 0 Å². The molecular weight excluding hydrogens is 222 g/mol. The topological polar surface area (TPSA) is 21.3 Å². The van der Waals surface area contributed by atoms with E-state index in [-0.39, 0.29) is 0 Å². The van der Waals surface area contributed by atoms with Crippen LogP contribution in [0.1, 0.15) is 44.7 Å². The lowest BCUT2D eigenvalue weighted by Gasteiger charge is -2.17. The minimum absolute atomic E-state index is 0.445. The fraction of sp³-hybridized carbons (Fsp3) is 0.625. The van der Waals surface area contributed by atoms with E-state index in [1.54, 1.807) is 7.11 Å². The smallest absolute Gasteiger partial charge is 0.0713 e. The number of hydrogen-bond donors (Lipinski definition) is 1. The highest BCUT2D eigenvalue weighted by Gasteiger charge is 2.08. The van der Waals surface area contributed by atoms with Crippen LogP contribution >= 0.6 is 0 Å². The molecule has 1 aromatic rings. The Labute approximate surface area is 112 Å². The first-order valence-corrected chi connectivity index (χ1v) is 6.79. The minimum atomic E-state index is 0.445.